The number of hydrogen-bond acceptors (Lipinski definition) is 3. The zero-order chi connectivity index (χ0) is 10.7. The van der Waals surface area contributed by atoms with Crippen molar-refractivity contribution in [3.8, 4) is 0 Å². The predicted molar refractivity (Wildman–Crippen MR) is 64.1 cm³/mol. The molecule has 0 aromatic heterocycles. The molecule has 15 heavy (non-hydrogen) atoms. The molecule has 2 fully saturated rings. The van der Waals surface area contributed by atoms with E-state index in [2.05, 4.69) is 29.1 Å². The summed E-state index contributed by atoms with van der Waals surface area (Å²) in [6.45, 7) is 9.88. The van der Waals surface area contributed by atoms with Crippen molar-refractivity contribution in [2.24, 2.45) is 5.92 Å². The molecule has 88 valence electrons. The number of hydrogen-bond donors (Lipinski definition) is 1. The molecule has 2 unspecified atom stereocenters. The standard InChI is InChI=1S/C12H25N3/c1-11-9-13-10-12(11)14(2)7-8-15-5-3-4-6-15/h11-13H,3-10H2,1-2H3. The van der Waals surface area contributed by atoms with E-state index in [0.29, 0.717) is 0 Å². The van der Waals surface area contributed by atoms with Gasteiger partial charge in [-0.15, -0.1) is 0 Å². The van der Waals surface area contributed by atoms with Gasteiger partial charge in [0.25, 0.3) is 0 Å². The van der Waals surface area contributed by atoms with Crippen LogP contribution < -0.4 is 5.32 Å². The minimum Gasteiger partial charge on any atom is -0.315 e. The van der Waals surface area contributed by atoms with Crippen LogP contribution in [-0.4, -0.2) is 62.2 Å². The fourth-order valence-corrected chi connectivity index (χ4v) is 2.86. The van der Waals surface area contributed by atoms with Crippen LogP contribution in [0.1, 0.15) is 19.8 Å². The lowest BCUT2D eigenvalue weighted by Gasteiger charge is -2.28. The molecule has 2 saturated heterocycles. The van der Waals surface area contributed by atoms with Crippen LogP contribution in [0.25, 0.3) is 0 Å². The molecule has 2 aliphatic heterocycles. The third-order valence-corrected chi connectivity index (χ3v) is 4.01. The third-order valence-electron chi connectivity index (χ3n) is 4.01. The van der Waals surface area contributed by atoms with Crippen molar-refractivity contribution >= 4 is 0 Å². The minimum absolute atomic E-state index is 0.757. The van der Waals surface area contributed by atoms with Crippen molar-refractivity contribution < 1.29 is 0 Å². The molecule has 0 bridgehead atoms. The van der Waals surface area contributed by atoms with E-state index in [4.69, 9.17) is 0 Å². The van der Waals surface area contributed by atoms with Crippen LogP contribution >= 0.6 is 0 Å². The first-order valence-corrected chi connectivity index (χ1v) is 6.40. The van der Waals surface area contributed by atoms with E-state index < -0.39 is 0 Å². The monoisotopic (exact) mass is 211 g/mol. The molecule has 0 saturated carbocycles. The molecule has 2 rings (SSSR count). The molecular formula is C12H25N3. The van der Waals surface area contributed by atoms with Gasteiger partial charge in [-0.05, 0) is 45.4 Å². The Labute approximate surface area is 93.8 Å². The van der Waals surface area contributed by atoms with Gasteiger partial charge in [-0.2, -0.15) is 0 Å². The second-order valence-corrected chi connectivity index (χ2v) is 5.23. The first-order chi connectivity index (χ1) is 7.27. The smallest absolute Gasteiger partial charge is 0.0255 e. The molecule has 0 amide bonds. The molecule has 2 atom stereocenters. The fourth-order valence-electron chi connectivity index (χ4n) is 2.86. The SMILES string of the molecule is CC1CNCC1N(C)CCN1CCCC1. The zero-order valence-electron chi connectivity index (χ0n) is 10.2. The van der Waals surface area contributed by atoms with Crippen molar-refractivity contribution in [3.05, 3.63) is 0 Å². The van der Waals surface area contributed by atoms with Crippen LogP contribution in [0.3, 0.4) is 0 Å². The summed E-state index contributed by atoms with van der Waals surface area (Å²) in [7, 11) is 2.28. The second kappa shape index (κ2) is 5.28. The fraction of sp³-hybridized carbons (Fsp3) is 1.00. The van der Waals surface area contributed by atoms with Crippen molar-refractivity contribution in [1.82, 2.24) is 15.1 Å². The van der Waals surface area contributed by atoms with E-state index >= 15 is 0 Å². The van der Waals surface area contributed by atoms with Crippen molar-refractivity contribution in [1.29, 1.82) is 0 Å². The highest BCUT2D eigenvalue weighted by Crippen LogP contribution is 2.14. The van der Waals surface area contributed by atoms with E-state index in [1.807, 2.05) is 0 Å². The summed E-state index contributed by atoms with van der Waals surface area (Å²) in [6, 6.07) is 0.757. The highest BCUT2D eigenvalue weighted by atomic mass is 15.2. The Morgan fingerprint density at radius 3 is 2.60 bits per heavy atom. The Morgan fingerprint density at radius 2 is 2.00 bits per heavy atom. The Morgan fingerprint density at radius 1 is 1.27 bits per heavy atom. The second-order valence-electron chi connectivity index (χ2n) is 5.23. The molecule has 1 N–H and O–H groups in total. The van der Waals surface area contributed by atoms with Gasteiger partial charge in [0.05, 0.1) is 0 Å². The summed E-state index contributed by atoms with van der Waals surface area (Å²) in [6.07, 6.45) is 2.82. The van der Waals surface area contributed by atoms with Crippen molar-refractivity contribution in [2.45, 2.75) is 25.8 Å². The van der Waals surface area contributed by atoms with Crippen LogP contribution in [0.5, 0.6) is 0 Å². The van der Waals surface area contributed by atoms with E-state index in [-0.39, 0.29) is 0 Å². The molecule has 2 aliphatic rings. The molecule has 0 aliphatic carbocycles. The number of likely N-dealkylation sites (N-methyl/N-ethyl adjacent to an activating group) is 1. The lowest BCUT2D eigenvalue weighted by Crippen LogP contribution is -2.41. The van der Waals surface area contributed by atoms with Gasteiger partial charge in [0.2, 0.25) is 0 Å². The summed E-state index contributed by atoms with van der Waals surface area (Å²) in [5.41, 5.74) is 0. The van der Waals surface area contributed by atoms with Crippen LogP contribution in [0.4, 0.5) is 0 Å². The lowest BCUT2D eigenvalue weighted by molar-refractivity contribution is 0.190. The average Bonchev–Trinajstić information content (AvgIpc) is 2.84. The molecule has 0 aromatic rings. The van der Waals surface area contributed by atoms with E-state index in [0.717, 1.165) is 12.0 Å². The van der Waals surface area contributed by atoms with Gasteiger partial charge in [-0.3, -0.25) is 0 Å². The normalized spacial score (nSPS) is 33.0. The summed E-state index contributed by atoms with van der Waals surface area (Å²) < 4.78 is 0. The average molecular weight is 211 g/mol. The van der Waals surface area contributed by atoms with Crippen LogP contribution in [0.15, 0.2) is 0 Å². The van der Waals surface area contributed by atoms with Crippen molar-refractivity contribution in [2.75, 3.05) is 46.3 Å². The maximum absolute atomic E-state index is 3.48. The maximum atomic E-state index is 3.48. The number of nitrogens with zero attached hydrogens (tertiary/aromatic N) is 2. The molecular weight excluding hydrogens is 186 g/mol. The molecule has 3 heteroatoms. The maximum Gasteiger partial charge on any atom is 0.0255 e. The number of rotatable bonds is 4. The van der Waals surface area contributed by atoms with Gasteiger partial charge in [0.1, 0.15) is 0 Å². The van der Waals surface area contributed by atoms with Crippen molar-refractivity contribution in [3.63, 3.8) is 0 Å². The Bertz CT molecular complexity index is 189. The van der Waals surface area contributed by atoms with Gasteiger partial charge >= 0.3 is 0 Å². The molecule has 0 spiro atoms. The molecule has 2 heterocycles. The minimum atomic E-state index is 0.757. The lowest BCUT2D eigenvalue weighted by atomic mass is 10.1. The van der Waals surface area contributed by atoms with E-state index in [1.54, 1.807) is 0 Å². The topological polar surface area (TPSA) is 18.5 Å². The summed E-state index contributed by atoms with van der Waals surface area (Å²) in [4.78, 5) is 5.15. The molecule has 3 nitrogen and oxygen atoms in total. The molecule has 0 radical (unpaired) electrons. The Balaban J connectivity index is 1.69. The van der Waals surface area contributed by atoms with Gasteiger partial charge in [-0.1, -0.05) is 6.92 Å². The van der Waals surface area contributed by atoms with Gasteiger partial charge in [-0.25, -0.2) is 0 Å². The first kappa shape index (κ1) is 11.4. The highest BCUT2D eigenvalue weighted by molar-refractivity contribution is 4.85. The van der Waals surface area contributed by atoms with Crippen LogP contribution in [0.2, 0.25) is 0 Å². The summed E-state index contributed by atoms with van der Waals surface area (Å²) >= 11 is 0. The van der Waals surface area contributed by atoms with Crippen LogP contribution in [-0.2, 0) is 0 Å². The third kappa shape index (κ3) is 2.92. The number of nitrogens with one attached hydrogen (secondary N) is 1. The summed E-state index contributed by atoms with van der Waals surface area (Å²) in [5, 5.41) is 3.48. The van der Waals surface area contributed by atoms with E-state index in [9.17, 15) is 0 Å². The zero-order valence-corrected chi connectivity index (χ0v) is 10.2. The van der Waals surface area contributed by atoms with Gasteiger partial charge in [0, 0.05) is 25.7 Å². The molecule has 0 aromatic carbocycles. The highest BCUT2D eigenvalue weighted by Gasteiger charge is 2.26. The Kier molecular flexibility index (Phi) is 4.00. The van der Waals surface area contributed by atoms with Gasteiger partial charge < -0.3 is 15.1 Å². The first-order valence-electron chi connectivity index (χ1n) is 6.40. The van der Waals surface area contributed by atoms with Gasteiger partial charge in [0.15, 0.2) is 0 Å². The largest absolute Gasteiger partial charge is 0.315 e. The predicted octanol–water partition coefficient (Wildman–Crippen LogP) is 0.622. The van der Waals surface area contributed by atoms with Crippen LogP contribution in [0, 0.1) is 5.92 Å². The van der Waals surface area contributed by atoms with E-state index in [1.165, 1.54) is 52.1 Å². The number of likely N-dealkylation sites (tertiary alicyclic amines) is 1. The Hall–Kier alpha value is -0.120. The summed E-state index contributed by atoms with van der Waals surface area (Å²) in [5.74, 6) is 0.813. The quantitative estimate of drug-likeness (QED) is 0.735.